The number of hydrogen-bond acceptors (Lipinski definition) is 4. The Morgan fingerprint density at radius 2 is 2.22 bits per heavy atom. The van der Waals surface area contributed by atoms with E-state index in [0.29, 0.717) is 18.4 Å². The minimum atomic E-state index is -0.736. The van der Waals surface area contributed by atoms with Gasteiger partial charge < -0.3 is 10.5 Å². The third-order valence-electron chi connectivity index (χ3n) is 3.78. The van der Waals surface area contributed by atoms with E-state index in [1.807, 2.05) is 0 Å². The molecule has 1 saturated heterocycles. The molecule has 1 fully saturated rings. The first-order valence-corrected chi connectivity index (χ1v) is 6.93. The zero-order valence-corrected chi connectivity index (χ0v) is 11.1. The lowest BCUT2D eigenvalue weighted by atomic mass is 9.94. The van der Waals surface area contributed by atoms with Gasteiger partial charge in [-0.15, -0.1) is 4.91 Å². The number of amides is 1. The van der Waals surface area contributed by atoms with Crippen LogP contribution in [0.3, 0.4) is 0 Å². The molecule has 1 aliphatic heterocycles. The van der Waals surface area contributed by atoms with Crippen molar-refractivity contribution in [2.24, 2.45) is 16.8 Å². The molecule has 0 radical (unpaired) electrons. The first-order valence-electron chi connectivity index (χ1n) is 6.93. The molecule has 2 N–H and O–H groups in total. The quantitative estimate of drug-likeness (QED) is 0.534. The van der Waals surface area contributed by atoms with Crippen molar-refractivity contribution in [1.82, 2.24) is 0 Å². The predicted octanol–water partition coefficient (Wildman–Crippen LogP) is 2.37. The Kier molecular flexibility index (Phi) is 7.05. The molecule has 0 aromatic carbocycles. The number of nitroso groups, excluding NO2 is 1. The van der Waals surface area contributed by atoms with Crippen LogP contribution in [0, 0.1) is 10.8 Å². The van der Waals surface area contributed by atoms with Crippen LogP contribution >= 0.6 is 0 Å². The van der Waals surface area contributed by atoms with E-state index < -0.39 is 11.9 Å². The minimum Gasteiger partial charge on any atom is -0.378 e. The summed E-state index contributed by atoms with van der Waals surface area (Å²) in [6.45, 7) is 3.11. The highest BCUT2D eigenvalue weighted by molar-refractivity contribution is 5.81. The van der Waals surface area contributed by atoms with Gasteiger partial charge in [0.1, 0.15) is 0 Å². The molecule has 0 aromatic heterocycles. The Balaban J connectivity index is 2.05. The summed E-state index contributed by atoms with van der Waals surface area (Å²) in [4.78, 5) is 20.8. The Bertz CT molecular complexity index is 271. The van der Waals surface area contributed by atoms with Crippen LogP contribution in [0.4, 0.5) is 0 Å². The molecule has 1 heterocycles. The summed E-state index contributed by atoms with van der Waals surface area (Å²) in [5, 5.41) is 2.34. The van der Waals surface area contributed by atoms with Crippen LogP contribution in [0.25, 0.3) is 0 Å². The van der Waals surface area contributed by atoms with Crippen molar-refractivity contribution < 1.29 is 9.53 Å². The summed E-state index contributed by atoms with van der Waals surface area (Å²) in [5.41, 5.74) is 5.51. The van der Waals surface area contributed by atoms with Gasteiger partial charge in [-0.3, -0.25) is 4.79 Å². The molecule has 0 saturated carbocycles. The summed E-state index contributed by atoms with van der Waals surface area (Å²) in [6.07, 6.45) is 7.42. The van der Waals surface area contributed by atoms with Crippen molar-refractivity contribution in [1.29, 1.82) is 0 Å². The van der Waals surface area contributed by atoms with Crippen molar-refractivity contribution in [2.75, 3.05) is 6.61 Å². The number of carbonyl (C=O) groups excluding carboxylic acids is 1. The maximum Gasteiger partial charge on any atom is 0.302 e. The van der Waals surface area contributed by atoms with Gasteiger partial charge in [-0.25, -0.2) is 0 Å². The van der Waals surface area contributed by atoms with Gasteiger partial charge in [0.05, 0.1) is 12.1 Å². The van der Waals surface area contributed by atoms with Crippen molar-refractivity contribution in [3.05, 3.63) is 4.91 Å². The molecule has 0 bridgehead atoms. The maximum atomic E-state index is 10.8. The number of rotatable bonds is 8. The van der Waals surface area contributed by atoms with Crippen molar-refractivity contribution in [2.45, 2.75) is 64.0 Å². The topological polar surface area (TPSA) is 81.8 Å². The van der Waals surface area contributed by atoms with Crippen LogP contribution in [-0.4, -0.2) is 24.7 Å². The average molecular weight is 256 g/mol. The molecule has 1 rings (SSSR count). The van der Waals surface area contributed by atoms with E-state index in [9.17, 15) is 9.70 Å². The number of hydrogen-bond donors (Lipinski definition) is 1. The summed E-state index contributed by atoms with van der Waals surface area (Å²) < 4.78 is 5.70. The Hall–Kier alpha value is -0.810. The standard InChI is InChI=1S/C13H24N2O3/c1-2-10-8-9-18-12(10)7-5-3-4-6-11(14)13(16)15-17/h10-12H,2-9,14H2,1H3. The molecule has 1 aliphatic rings. The van der Waals surface area contributed by atoms with Crippen LogP contribution in [0.5, 0.6) is 0 Å². The van der Waals surface area contributed by atoms with E-state index in [0.717, 1.165) is 32.3 Å². The number of carbonyl (C=O) groups is 1. The van der Waals surface area contributed by atoms with Crippen molar-refractivity contribution in [3.63, 3.8) is 0 Å². The third kappa shape index (κ3) is 4.82. The normalized spacial score (nSPS) is 25.0. The molecule has 5 nitrogen and oxygen atoms in total. The molecule has 1 amide bonds. The molecular weight excluding hydrogens is 232 g/mol. The van der Waals surface area contributed by atoms with Crippen LogP contribution < -0.4 is 5.73 Å². The molecular formula is C13H24N2O3. The highest BCUT2D eigenvalue weighted by atomic mass is 16.5. The molecule has 5 heteroatoms. The van der Waals surface area contributed by atoms with Crippen molar-refractivity contribution >= 4 is 5.91 Å². The van der Waals surface area contributed by atoms with Crippen LogP contribution in [0.2, 0.25) is 0 Å². The first-order chi connectivity index (χ1) is 8.69. The third-order valence-corrected chi connectivity index (χ3v) is 3.78. The molecule has 104 valence electrons. The summed E-state index contributed by atoms with van der Waals surface area (Å²) in [5.74, 6) is -0.0201. The highest BCUT2D eigenvalue weighted by Crippen LogP contribution is 2.27. The monoisotopic (exact) mass is 256 g/mol. The number of ether oxygens (including phenoxy) is 1. The number of nitrogens with two attached hydrogens (primary N) is 1. The number of nitrogens with zero attached hydrogens (tertiary/aromatic N) is 1. The van der Waals surface area contributed by atoms with Gasteiger partial charge in [-0.05, 0) is 25.2 Å². The SMILES string of the molecule is CCC1CCOC1CCCCCC(N)C(=O)N=O. The summed E-state index contributed by atoms with van der Waals surface area (Å²) in [6, 6.07) is -0.714. The molecule has 18 heavy (non-hydrogen) atoms. The Labute approximate surface area is 108 Å². The predicted molar refractivity (Wildman–Crippen MR) is 70.0 cm³/mol. The largest absolute Gasteiger partial charge is 0.378 e. The average Bonchev–Trinajstić information content (AvgIpc) is 2.84. The van der Waals surface area contributed by atoms with E-state index >= 15 is 0 Å². The lowest BCUT2D eigenvalue weighted by molar-refractivity contribution is -0.119. The highest BCUT2D eigenvalue weighted by Gasteiger charge is 2.25. The van der Waals surface area contributed by atoms with Gasteiger partial charge >= 0.3 is 5.91 Å². The molecule has 3 atom stereocenters. The van der Waals surface area contributed by atoms with Crippen LogP contribution in [0.1, 0.15) is 51.9 Å². The first kappa shape index (κ1) is 15.2. The van der Waals surface area contributed by atoms with Gasteiger partial charge in [0, 0.05) is 11.8 Å². The fourth-order valence-corrected chi connectivity index (χ4v) is 2.56. The number of unbranched alkanes of at least 4 members (excludes halogenated alkanes) is 2. The van der Waals surface area contributed by atoms with E-state index in [4.69, 9.17) is 10.5 Å². The molecule has 0 aliphatic carbocycles. The Morgan fingerprint density at radius 1 is 1.44 bits per heavy atom. The van der Waals surface area contributed by atoms with Crippen LogP contribution in [0.15, 0.2) is 5.18 Å². The smallest absolute Gasteiger partial charge is 0.302 e. The minimum absolute atomic E-state index is 0.418. The second-order valence-corrected chi connectivity index (χ2v) is 5.04. The van der Waals surface area contributed by atoms with Gasteiger partial charge in [-0.2, -0.15) is 0 Å². The van der Waals surface area contributed by atoms with E-state index in [1.54, 1.807) is 0 Å². The zero-order valence-electron chi connectivity index (χ0n) is 11.1. The molecule has 0 spiro atoms. The van der Waals surface area contributed by atoms with Gasteiger partial charge in [0.15, 0.2) is 0 Å². The fraction of sp³-hybridized carbons (Fsp3) is 0.923. The van der Waals surface area contributed by atoms with E-state index in [2.05, 4.69) is 12.1 Å². The fourth-order valence-electron chi connectivity index (χ4n) is 2.56. The van der Waals surface area contributed by atoms with Crippen molar-refractivity contribution in [3.8, 4) is 0 Å². The lowest BCUT2D eigenvalue weighted by Crippen LogP contribution is -2.28. The van der Waals surface area contributed by atoms with E-state index in [-0.39, 0.29) is 0 Å². The van der Waals surface area contributed by atoms with E-state index in [1.165, 1.54) is 12.8 Å². The summed E-state index contributed by atoms with van der Waals surface area (Å²) in [7, 11) is 0. The van der Waals surface area contributed by atoms with Gasteiger partial charge in [-0.1, -0.05) is 32.6 Å². The second kappa shape index (κ2) is 8.32. The van der Waals surface area contributed by atoms with Gasteiger partial charge in [0.2, 0.25) is 0 Å². The second-order valence-electron chi connectivity index (χ2n) is 5.04. The Morgan fingerprint density at radius 3 is 2.89 bits per heavy atom. The van der Waals surface area contributed by atoms with Crippen LogP contribution in [-0.2, 0) is 9.53 Å². The summed E-state index contributed by atoms with van der Waals surface area (Å²) >= 11 is 0. The lowest BCUT2D eigenvalue weighted by Gasteiger charge is -2.16. The molecule has 0 aromatic rings. The maximum absolute atomic E-state index is 10.8. The zero-order chi connectivity index (χ0) is 13.4. The molecule has 3 unspecified atom stereocenters. The van der Waals surface area contributed by atoms with Gasteiger partial charge in [0.25, 0.3) is 0 Å².